The molecule has 1 heterocycles. The van der Waals surface area contributed by atoms with Crippen LogP contribution in [-0.2, 0) is 4.79 Å². The van der Waals surface area contributed by atoms with Gasteiger partial charge in [-0.2, -0.15) is 0 Å². The number of rotatable bonds is 4. The van der Waals surface area contributed by atoms with Crippen molar-refractivity contribution in [1.29, 1.82) is 0 Å². The maximum atomic E-state index is 13.3. The second-order valence-electron chi connectivity index (χ2n) is 6.73. The van der Waals surface area contributed by atoms with Crippen molar-refractivity contribution in [3.8, 4) is 5.69 Å². The van der Waals surface area contributed by atoms with Gasteiger partial charge in [0.2, 0.25) is 5.91 Å². The first-order chi connectivity index (χ1) is 13.8. The van der Waals surface area contributed by atoms with Crippen molar-refractivity contribution in [1.82, 2.24) is 20.2 Å². The molecule has 0 radical (unpaired) electrons. The molecule has 3 rings (SSSR count). The van der Waals surface area contributed by atoms with E-state index in [2.05, 4.69) is 15.6 Å². The molecule has 7 nitrogen and oxygen atoms in total. The molecule has 0 aliphatic heterocycles. The number of para-hydroxylation sites is 1. The predicted molar refractivity (Wildman–Crippen MR) is 115 cm³/mol. The molecule has 2 N–H and O–H groups in total. The van der Waals surface area contributed by atoms with Crippen molar-refractivity contribution >= 4 is 34.6 Å². The summed E-state index contributed by atoms with van der Waals surface area (Å²) in [7, 11) is 1.43. The Morgan fingerprint density at radius 3 is 2.41 bits per heavy atom. The van der Waals surface area contributed by atoms with Crippen LogP contribution in [0.5, 0.6) is 0 Å². The molecular weight excluding hydrogens is 388 g/mol. The van der Waals surface area contributed by atoms with Crippen LogP contribution in [0.2, 0.25) is 0 Å². The van der Waals surface area contributed by atoms with E-state index in [1.807, 2.05) is 38.1 Å². The molecule has 0 bridgehead atoms. The van der Waals surface area contributed by atoms with Crippen molar-refractivity contribution in [2.75, 3.05) is 7.05 Å². The first-order valence-electron chi connectivity index (χ1n) is 9.10. The number of hydrogen-bond donors (Lipinski definition) is 2. The van der Waals surface area contributed by atoms with Gasteiger partial charge in [-0.1, -0.05) is 30.0 Å². The molecule has 0 fully saturated rings. The maximum absolute atomic E-state index is 13.3. The van der Waals surface area contributed by atoms with Gasteiger partial charge < -0.3 is 5.32 Å². The molecule has 0 spiro atoms. The van der Waals surface area contributed by atoms with Crippen LogP contribution in [0.15, 0.2) is 52.4 Å². The Hall–Kier alpha value is -3.13. The Kier molecular flexibility index (Phi) is 6.03. The summed E-state index contributed by atoms with van der Waals surface area (Å²) in [5.41, 5.74) is 3.07. The molecule has 0 saturated heterocycles. The van der Waals surface area contributed by atoms with E-state index >= 15 is 0 Å². The quantitative estimate of drug-likeness (QED) is 0.510. The third-order valence-electron chi connectivity index (χ3n) is 4.32. The topological polar surface area (TPSA) is 93.1 Å². The minimum Gasteiger partial charge on any atom is -0.341 e. The summed E-state index contributed by atoms with van der Waals surface area (Å²) in [6.07, 6.45) is 0. The van der Waals surface area contributed by atoms with E-state index < -0.39 is 17.2 Å². The van der Waals surface area contributed by atoms with E-state index in [4.69, 9.17) is 0 Å². The van der Waals surface area contributed by atoms with Crippen molar-refractivity contribution in [3.05, 3.63) is 63.9 Å². The average Bonchev–Trinajstić information content (AvgIpc) is 2.67. The number of carbonyl (C=O) groups is 2. The minimum absolute atomic E-state index is 0.206. The standard InChI is InChI=1S/C21H22N4O3S/c1-12-9-13(2)11-15(10-12)25-19(27)16-7-5-6-8-17(16)23-21(25)29-14(3)18(26)24-20(28)22-4/h5-11,14H,1-4H3,(H2,22,24,26,28)/t14-/m0/s1. The second kappa shape index (κ2) is 8.48. The fraction of sp³-hybridized carbons (Fsp3) is 0.238. The van der Waals surface area contributed by atoms with Crippen LogP contribution in [0.4, 0.5) is 4.79 Å². The first-order valence-corrected chi connectivity index (χ1v) is 9.98. The lowest BCUT2D eigenvalue weighted by atomic mass is 10.1. The van der Waals surface area contributed by atoms with E-state index in [0.717, 1.165) is 22.9 Å². The van der Waals surface area contributed by atoms with E-state index in [9.17, 15) is 14.4 Å². The van der Waals surface area contributed by atoms with Crippen LogP contribution in [0.3, 0.4) is 0 Å². The SMILES string of the molecule is CNC(=O)NC(=O)[C@H](C)Sc1nc2ccccc2c(=O)n1-c1cc(C)cc(C)c1. The highest BCUT2D eigenvalue weighted by atomic mass is 32.2. The normalized spacial score (nSPS) is 11.9. The van der Waals surface area contributed by atoms with Gasteiger partial charge in [-0.15, -0.1) is 0 Å². The van der Waals surface area contributed by atoms with Crippen LogP contribution in [0.25, 0.3) is 16.6 Å². The molecule has 0 unspecified atom stereocenters. The van der Waals surface area contributed by atoms with E-state index in [1.165, 1.54) is 11.6 Å². The number of thioether (sulfide) groups is 1. The van der Waals surface area contributed by atoms with Crippen molar-refractivity contribution in [2.45, 2.75) is 31.2 Å². The molecule has 2 aromatic carbocycles. The number of benzene rings is 2. The number of carbonyl (C=O) groups excluding carboxylic acids is 2. The number of nitrogens with zero attached hydrogens (tertiary/aromatic N) is 2. The Labute approximate surface area is 172 Å². The van der Waals surface area contributed by atoms with Crippen molar-refractivity contribution in [3.63, 3.8) is 0 Å². The highest BCUT2D eigenvalue weighted by molar-refractivity contribution is 8.00. The maximum Gasteiger partial charge on any atom is 0.321 e. The average molecular weight is 410 g/mol. The number of amides is 3. The van der Waals surface area contributed by atoms with Crippen LogP contribution >= 0.6 is 11.8 Å². The lowest BCUT2D eigenvalue weighted by molar-refractivity contribution is -0.119. The Balaban J connectivity index is 2.13. The highest BCUT2D eigenvalue weighted by Gasteiger charge is 2.21. The summed E-state index contributed by atoms with van der Waals surface area (Å²) in [5.74, 6) is -0.469. The lowest BCUT2D eigenvalue weighted by Crippen LogP contribution is -2.41. The number of nitrogens with one attached hydrogen (secondary N) is 2. The van der Waals surface area contributed by atoms with E-state index in [1.54, 1.807) is 25.1 Å². The summed E-state index contributed by atoms with van der Waals surface area (Å²) in [6.45, 7) is 5.58. The number of aromatic nitrogens is 2. The molecule has 3 aromatic rings. The van der Waals surface area contributed by atoms with Crippen molar-refractivity contribution in [2.24, 2.45) is 0 Å². The highest BCUT2D eigenvalue weighted by Crippen LogP contribution is 2.26. The van der Waals surface area contributed by atoms with Crippen LogP contribution in [0.1, 0.15) is 18.1 Å². The van der Waals surface area contributed by atoms with Gasteiger partial charge in [-0.05, 0) is 56.2 Å². The fourth-order valence-electron chi connectivity index (χ4n) is 2.99. The predicted octanol–water partition coefficient (Wildman–Crippen LogP) is 2.94. The molecule has 0 aliphatic rings. The third-order valence-corrected chi connectivity index (χ3v) is 5.38. The zero-order valence-electron chi connectivity index (χ0n) is 16.6. The largest absolute Gasteiger partial charge is 0.341 e. The summed E-state index contributed by atoms with van der Waals surface area (Å²) in [6, 6.07) is 12.4. The smallest absolute Gasteiger partial charge is 0.321 e. The van der Waals surface area contributed by atoms with Gasteiger partial charge >= 0.3 is 6.03 Å². The van der Waals surface area contributed by atoms with Gasteiger partial charge in [-0.25, -0.2) is 9.78 Å². The van der Waals surface area contributed by atoms with E-state index in [-0.39, 0.29) is 5.56 Å². The van der Waals surface area contributed by atoms with Crippen LogP contribution < -0.4 is 16.2 Å². The molecule has 0 aliphatic carbocycles. The zero-order chi connectivity index (χ0) is 21.1. The summed E-state index contributed by atoms with van der Waals surface area (Å²) in [5, 5.41) is 4.85. The lowest BCUT2D eigenvalue weighted by Gasteiger charge is -2.17. The second-order valence-corrected chi connectivity index (χ2v) is 8.03. The zero-order valence-corrected chi connectivity index (χ0v) is 17.5. The Morgan fingerprint density at radius 2 is 1.76 bits per heavy atom. The molecular formula is C21H22N4O3S. The number of aryl methyl sites for hydroxylation is 2. The summed E-state index contributed by atoms with van der Waals surface area (Å²) < 4.78 is 1.52. The third kappa shape index (κ3) is 4.48. The summed E-state index contributed by atoms with van der Waals surface area (Å²) in [4.78, 5) is 41.7. The van der Waals surface area contributed by atoms with Gasteiger partial charge in [0.05, 0.1) is 21.8 Å². The Bertz CT molecular complexity index is 1140. The van der Waals surface area contributed by atoms with Gasteiger partial charge in [0.1, 0.15) is 0 Å². The van der Waals surface area contributed by atoms with Gasteiger partial charge in [-0.3, -0.25) is 19.5 Å². The molecule has 150 valence electrons. The van der Waals surface area contributed by atoms with Crippen LogP contribution in [0, 0.1) is 13.8 Å². The van der Waals surface area contributed by atoms with E-state index in [0.29, 0.717) is 21.7 Å². The van der Waals surface area contributed by atoms with Crippen LogP contribution in [-0.4, -0.2) is 33.8 Å². The fourth-order valence-corrected chi connectivity index (χ4v) is 3.91. The first kappa shape index (κ1) is 20.6. The molecule has 29 heavy (non-hydrogen) atoms. The molecule has 1 atom stereocenters. The number of fused-ring (bicyclic) bond motifs is 1. The number of hydrogen-bond acceptors (Lipinski definition) is 5. The van der Waals surface area contributed by atoms with Gasteiger partial charge in [0.25, 0.3) is 5.56 Å². The molecule has 1 aromatic heterocycles. The molecule has 3 amide bonds. The molecule has 0 saturated carbocycles. The van der Waals surface area contributed by atoms with Crippen molar-refractivity contribution < 1.29 is 9.59 Å². The number of imide groups is 1. The molecule has 8 heteroatoms. The summed E-state index contributed by atoms with van der Waals surface area (Å²) >= 11 is 1.13. The minimum atomic E-state index is -0.641. The van der Waals surface area contributed by atoms with Gasteiger partial charge in [0.15, 0.2) is 5.16 Å². The number of urea groups is 1. The Morgan fingerprint density at radius 1 is 1.10 bits per heavy atom. The van der Waals surface area contributed by atoms with Gasteiger partial charge in [0, 0.05) is 7.05 Å². The monoisotopic (exact) mass is 410 g/mol.